The zero-order chi connectivity index (χ0) is 15.1. The van der Waals surface area contributed by atoms with E-state index in [1.54, 1.807) is 0 Å². The van der Waals surface area contributed by atoms with E-state index in [2.05, 4.69) is 5.32 Å². The van der Waals surface area contributed by atoms with Gasteiger partial charge >= 0.3 is 6.18 Å². The first-order valence-corrected chi connectivity index (χ1v) is 7.90. The third-order valence-electron chi connectivity index (χ3n) is 2.40. The number of hydrogen-bond acceptors (Lipinski definition) is 5. The van der Waals surface area contributed by atoms with Gasteiger partial charge in [-0.05, 0) is 18.2 Å². The summed E-state index contributed by atoms with van der Waals surface area (Å²) in [6.45, 7) is 0. The summed E-state index contributed by atoms with van der Waals surface area (Å²) in [7, 11) is -3.40. The van der Waals surface area contributed by atoms with Gasteiger partial charge in [0.05, 0.1) is 15.6 Å². The van der Waals surface area contributed by atoms with Crippen molar-refractivity contribution in [1.82, 2.24) is 0 Å². The molecule has 0 bridgehead atoms. The second-order valence-electron chi connectivity index (χ2n) is 4.03. The van der Waals surface area contributed by atoms with Gasteiger partial charge < -0.3 is 5.32 Å². The summed E-state index contributed by atoms with van der Waals surface area (Å²) >= 11 is 0.876. The molecule has 0 spiro atoms. The number of fused-ring (bicyclic) bond motifs is 1. The summed E-state index contributed by atoms with van der Waals surface area (Å²) in [4.78, 5) is 11.4. The molecule has 20 heavy (non-hydrogen) atoms. The number of nitrogens with one attached hydrogen (secondary N) is 1. The number of allylic oxidation sites excluding steroid dienone is 1. The molecule has 0 fully saturated rings. The summed E-state index contributed by atoms with van der Waals surface area (Å²) in [6.07, 6.45) is -3.45. The van der Waals surface area contributed by atoms with Crippen LogP contribution < -0.4 is 5.32 Å². The Morgan fingerprint density at radius 1 is 1.35 bits per heavy atom. The van der Waals surface area contributed by atoms with E-state index in [9.17, 15) is 26.4 Å². The smallest absolute Gasteiger partial charge is 0.349 e. The lowest BCUT2D eigenvalue weighted by molar-refractivity contribution is -0.165. The summed E-state index contributed by atoms with van der Waals surface area (Å²) < 4.78 is 59.2. The number of carbonyl (C=O) groups excluding carboxylic acids is 1. The Hall–Kier alpha value is -1.48. The molecular formula is C11H8F3NO3S2. The Balaban J connectivity index is 2.29. The Kier molecular flexibility index (Phi) is 3.59. The molecule has 1 aliphatic rings. The van der Waals surface area contributed by atoms with Gasteiger partial charge in [-0.1, -0.05) is 11.8 Å². The minimum Gasteiger partial charge on any atom is -0.349 e. The minimum absolute atomic E-state index is 0.00739. The number of carbonyl (C=O) groups is 1. The molecule has 1 aliphatic heterocycles. The largest absolute Gasteiger partial charge is 0.454 e. The first kappa shape index (κ1) is 14.9. The fourth-order valence-corrected chi connectivity index (χ4v) is 3.16. The summed E-state index contributed by atoms with van der Waals surface area (Å²) in [5, 5.41) is 2.63. The van der Waals surface area contributed by atoms with Crippen molar-refractivity contribution in [2.45, 2.75) is 16.0 Å². The van der Waals surface area contributed by atoms with Gasteiger partial charge in [0.2, 0.25) is 0 Å². The van der Waals surface area contributed by atoms with Crippen LogP contribution in [0.3, 0.4) is 0 Å². The summed E-state index contributed by atoms with van der Waals surface area (Å²) in [5.74, 6) is -1.97. The molecule has 1 aromatic carbocycles. The van der Waals surface area contributed by atoms with Crippen LogP contribution in [0.15, 0.2) is 39.1 Å². The highest BCUT2D eigenvalue weighted by molar-refractivity contribution is 8.03. The maximum Gasteiger partial charge on any atom is 0.454 e. The second kappa shape index (κ2) is 4.81. The molecule has 0 saturated carbocycles. The van der Waals surface area contributed by atoms with Crippen LogP contribution in [0.2, 0.25) is 0 Å². The van der Waals surface area contributed by atoms with Crippen molar-refractivity contribution in [1.29, 1.82) is 0 Å². The van der Waals surface area contributed by atoms with Crippen LogP contribution in [0.25, 0.3) is 0 Å². The minimum atomic E-state index is -4.93. The summed E-state index contributed by atoms with van der Waals surface area (Å²) in [6, 6.07) is 4.13. The van der Waals surface area contributed by atoms with Crippen LogP contribution in [0.1, 0.15) is 0 Å². The number of rotatable bonds is 2. The van der Waals surface area contributed by atoms with Crippen LogP contribution in [0.5, 0.6) is 0 Å². The van der Waals surface area contributed by atoms with Crippen LogP contribution in [-0.4, -0.2) is 26.6 Å². The predicted molar refractivity (Wildman–Crippen MR) is 68.2 cm³/mol. The van der Waals surface area contributed by atoms with Crippen LogP contribution in [0, 0.1) is 0 Å². The van der Waals surface area contributed by atoms with E-state index in [-0.39, 0.29) is 9.92 Å². The van der Waals surface area contributed by atoms with E-state index in [1.165, 1.54) is 18.2 Å². The van der Waals surface area contributed by atoms with Crippen molar-refractivity contribution in [2.24, 2.45) is 0 Å². The van der Waals surface area contributed by atoms with Crippen LogP contribution >= 0.6 is 11.8 Å². The van der Waals surface area contributed by atoms with E-state index < -0.39 is 21.8 Å². The van der Waals surface area contributed by atoms with Gasteiger partial charge in [-0.3, -0.25) is 4.79 Å². The van der Waals surface area contributed by atoms with Crippen molar-refractivity contribution in [3.63, 3.8) is 0 Å². The third kappa shape index (κ3) is 3.15. The fourth-order valence-electron chi connectivity index (χ4n) is 1.46. The van der Waals surface area contributed by atoms with Gasteiger partial charge in [0.1, 0.15) is 0 Å². The summed E-state index contributed by atoms with van der Waals surface area (Å²) in [5.41, 5.74) is 0.462. The maximum absolute atomic E-state index is 12.1. The Labute approximate surface area is 117 Å². The topological polar surface area (TPSA) is 63.2 Å². The zero-order valence-electron chi connectivity index (χ0n) is 9.98. The van der Waals surface area contributed by atoms with Gasteiger partial charge in [0, 0.05) is 17.2 Å². The fraction of sp³-hybridized carbons (Fsp3) is 0.182. The number of anilines is 1. The van der Waals surface area contributed by atoms with E-state index >= 15 is 0 Å². The standard InChI is InChI=1S/C11H8F3NO3S2/c1-20(17,18)6-2-3-7-8(4-6)19-10(15-7)5-9(16)11(12,13)14/h2-5,15H,1H3/b10-5+. The average Bonchev–Trinajstić information content (AvgIpc) is 2.67. The highest BCUT2D eigenvalue weighted by Gasteiger charge is 2.37. The Bertz CT molecular complexity index is 708. The van der Waals surface area contributed by atoms with E-state index in [0.29, 0.717) is 16.7 Å². The Morgan fingerprint density at radius 2 is 2.00 bits per heavy atom. The lowest BCUT2D eigenvalue weighted by Gasteiger charge is -2.02. The molecule has 1 heterocycles. The zero-order valence-corrected chi connectivity index (χ0v) is 11.6. The first-order valence-electron chi connectivity index (χ1n) is 5.19. The van der Waals surface area contributed by atoms with Crippen molar-refractivity contribution in [3.8, 4) is 0 Å². The monoisotopic (exact) mass is 323 g/mol. The molecule has 0 saturated heterocycles. The normalized spacial score (nSPS) is 16.9. The molecule has 0 amide bonds. The van der Waals surface area contributed by atoms with Gasteiger partial charge in [-0.2, -0.15) is 13.2 Å². The van der Waals surface area contributed by atoms with Gasteiger partial charge in [-0.25, -0.2) is 8.42 Å². The quantitative estimate of drug-likeness (QED) is 0.848. The highest BCUT2D eigenvalue weighted by Crippen LogP contribution is 2.42. The van der Waals surface area contributed by atoms with E-state index in [0.717, 1.165) is 18.0 Å². The molecular weight excluding hydrogens is 315 g/mol. The molecule has 108 valence electrons. The molecule has 1 aromatic rings. The van der Waals surface area contributed by atoms with Crippen LogP contribution in [-0.2, 0) is 14.6 Å². The lowest BCUT2D eigenvalue weighted by Crippen LogP contribution is -2.20. The molecule has 2 rings (SSSR count). The Morgan fingerprint density at radius 3 is 2.55 bits per heavy atom. The second-order valence-corrected chi connectivity index (χ2v) is 7.13. The molecule has 1 N–H and O–H groups in total. The number of benzene rings is 1. The van der Waals surface area contributed by atoms with Crippen molar-refractivity contribution in [3.05, 3.63) is 29.3 Å². The molecule has 4 nitrogen and oxygen atoms in total. The van der Waals surface area contributed by atoms with Crippen molar-refractivity contribution < 1.29 is 26.4 Å². The highest BCUT2D eigenvalue weighted by atomic mass is 32.2. The number of halogens is 3. The molecule has 0 aromatic heterocycles. The van der Waals surface area contributed by atoms with Gasteiger partial charge in [0.25, 0.3) is 5.78 Å². The molecule has 0 unspecified atom stereocenters. The van der Waals surface area contributed by atoms with Gasteiger partial charge in [-0.15, -0.1) is 0 Å². The van der Waals surface area contributed by atoms with Crippen LogP contribution in [0.4, 0.5) is 18.9 Å². The first-order chi connectivity index (χ1) is 9.07. The molecule has 0 aliphatic carbocycles. The SMILES string of the molecule is CS(=O)(=O)c1ccc2c(c1)S/C(=C/C(=O)C(F)(F)F)N2. The molecule has 9 heteroatoms. The number of ketones is 1. The third-order valence-corrected chi connectivity index (χ3v) is 4.51. The average molecular weight is 323 g/mol. The van der Waals surface area contributed by atoms with E-state index in [4.69, 9.17) is 0 Å². The molecule has 0 atom stereocenters. The number of thioether (sulfide) groups is 1. The van der Waals surface area contributed by atoms with E-state index in [1.807, 2.05) is 0 Å². The predicted octanol–water partition coefficient (Wildman–Crippen LogP) is 2.58. The number of alkyl halides is 3. The van der Waals surface area contributed by atoms with Crippen molar-refractivity contribution in [2.75, 3.05) is 11.6 Å². The maximum atomic E-state index is 12.1. The number of hydrogen-bond donors (Lipinski definition) is 1. The van der Waals surface area contributed by atoms with Crippen molar-refractivity contribution >= 4 is 33.1 Å². The van der Waals surface area contributed by atoms with Gasteiger partial charge in [0.15, 0.2) is 9.84 Å². The lowest BCUT2D eigenvalue weighted by atomic mass is 10.3. The molecule has 0 radical (unpaired) electrons. The number of sulfone groups is 1.